The van der Waals surface area contributed by atoms with Crippen LogP contribution in [0.3, 0.4) is 0 Å². The molecule has 0 saturated heterocycles. The molecule has 1 amide bonds. The lowest BCUT2D eigenvalue weighted by atomic mass is 9.92. The molecule has 114 valence electrons. The van der Waals surface area contributed by atoms with Gasteiger partial charge in [-0.25, -0.2) is 0 Å². The molecule has 5 heteroatoms. The molecule has 2 rings (SSSR count). The average Bonchev–Trinajstić information content (AvgIpc) is 2.93. The summed E-state index contributed by atoms with van der Waals surface area (Å²) in [4.78, 5) is 13.7. The standard InChI is InChI=1S/C16H23N3OS/c1-7-11-10(2)21-9-12(11)15(20)17-14-8-13(16(3,4)5)18-19(14)6/h8-9H,7H2,1-6H3,(H,17,20). The molecule has 0 aliphatic rings. The topological polar surface area (TPSA) is 46.9 Å². The fourth-order valence-corrected chi connectivity index (χ4v) is 3.18. The molecule has 1 N–H and O–H groups in total. The molecule has 0 unspecified atom stereocenters. The lowest BCUT2D eigenvalue weighted by molar-refractivity contribution is 0.102. The van der Waals surface area contributed by atoms with E-state index in [0.717, 1.165) is 29.1 Å². The van der Waals surface area contributed by atoms with Gasteiger partial charge in [-0.15, -0.1) is 11.3 Å². The molecule has 2 heterocycles. The first-order valence-electron chi connectivity index (χ1n) is 7.17. The third-order valence-corrected chi connectivity index (χ3v) is 4.55. The van der Waals surface area contributed by atoms with Crippen LogP contribution in [-0.4, -0.2) is 15.7 Å². The number of hydrogen-bond donors (Lipinski definition) is 1. The Labute approximate surface area is 130 Å². The van der Waals surface area contributed by atoms with Crippen LogP contribution < -0.4 is 5.32 Å². The molecule has 0 radical (unpaired) electrons. The molecule has 2 aromatic heterocycles. The van der Waals surface area contributed by atoms with Crippen molar-refractivity contribution in [3.8, 4) is 0 Å². The Balaban J connectivity index is 2.26. The molecule has 0 spiro atoms. The number of carbonyl (C=O) groups is 1. The van der Waals surface area contributed by atoms with E-state index in [1.807, 2.05) is 18.5 Å². The van der Waals surface area contributed by atoms with Crippen LogP contribution in [0.1, 0.15) is 54.2 Å². The minimum Gasteiger partial charge on any atom is -0.307 e. The van der Waals surface area contributed by atoms with Gasteiger partial charge in [-0.3, -0.25) is 9.48 Å². The third-order valence-electron chi connectivity index (χ3n) is 3.59. The number of rotatable bonds is 3. The molecule has 0 aromatic carbocycles. The van der Waals surface area contributed by atoms with Crippen molar-refractivity contribution in [2.24, 2.45) is 7.05 Å². The lowest BCUT2D eigenvalue weighted by Gasteiger charge is -2.13. The molecule has 21 heavy (non-hydrogen) atoms. The normalized spacial score (nSPS) is 11.7. The number of aromatic nitrogens is 2. The highest BCUT2D eigenvalue weighted by atomic mass is 32.1. The summed E-state index contributed by atoms with van der Waals surface area (Å²) in [6.07, 6.45) is 0.872. The van der Waals surface area contributed by atoms with Gasteiger partial charge in [-0.2, -0.15) is 5.10 Å². The summed E-state index contributed by atoms with van der Waals surface area (Å²) >= 11 is 1.62. The minimum absolute atomic E-state index is 0.0334. The van der Waals surface area contributed by atoms with Crippen LogP contribution in [0.2, 0.25) is 0 Å². The molecule has 0 bridgehead atoms. The first kappa shape index (κ1) is 15.8. The van der Waals surface area contributed by atoms with E-state index in [9.17, 15) is 4.79 Å². The fraction of sp³-hybridized carbons (Fsp3) is 0.500. The number of anilines is 1. The summed E-state index contributed by atoms with van der Waals surface area (Å²) in [6.45, 7) is 10.5. The molecule has 4 nitrogen and oxygen atoms in total. The van der Waals surface area contributed by atoms with Crippen molar-refractivity contribution >= 4 is 23.1 Å². The van der Waals surface area contributed by atoms with Crippen LogP contribution in [0.4, 0.5) is 5.82 Å². The van der Waals surface area contributed by atoms with Gasteiger partial charge >= 0.3 is 0 Å². The highest BCUT2D eigenvalue weighted by Gasteiger charge is 2.21. The summed E-state index contributed by atoms with van der Waals surface area (Å²) in [5.41, 5.74) is 2.85. The average molecular weight is 305 g/mol. The summed E-state index contributed by atoms with van der Waals surface area (Å²) in [6, 6.07) is 1.95. The van der Waals surface area contributed by atoms with E-state index in [0.29, 0.717) is 0 Å². The maximum Gasteiger partial charge on any atom is 0.257 e. The van der Waals surface area contributed by atoms with Crippen molar-refractivity contribution in [1.29, 1.82) is 0 Å². The summed E-state index contributed by atoms with van der Waals surface area (Å²) in [5, 5.41) is 9.39. The first-order valence-corrected chi connectivity index (χ1v) is 8.04. The first-order chi connectivity index (χ1) is 9.74. The van der Waals surface area contributed by atoms with E-state index in [-0.39, 0.29) is 11.3 Å². The Kier molecular flexibility index (Phi) is 4.23. The second-order valence-electron chi connectivity index (χ2n) is 6.28. The molecule has 0 fully saturated rings. The number of amides is 1. The highest BCUT2D eigenvalue weighted by molar-refractivity contribution is 7.10. The van der Waals surface area contributed by atoms with Crippen LogP contribution in [0.5, 0.6) is 0 Å². The van der Waals surface area contributed by atoms with Crippen LogP contribution >= 0.6 is 11.3 Å². The van der Waals surface area contributed by atoms with Crippen LogP contribution in [0.25, 0.3) is 0 Å². The Morgan fingerprint density at radius 2 is 2.10 bits per heavy atom. The van der Waals surface area contributed by atoms with Gasteiger partial charge in [0.05, 0.1) is 11.3 Å². The summed E-state index contributed by atoms with van der Waals surface area (Å²) < 4.78 is 1.73. The van der Waals surface area contributed by atoms with E-state index in [1.165, 1.54) is 4.88 Å². The van der Waals surface area contributed by atoms with Crippen LogP contribution in [0.15, 0.2) is 11.4 Å². The van der Waals surface area contributed by atoms with Gasteiger partial charge in [0.2, 0.25) is 0 Å². The largest absolute Gasteiger partial charge is 0.307 e. The predicted molar refractivity (Wildman–Crippen MR) is 88.3 cm³/mol. The highest BCUT2D eigenvalue weighted by Crippen LogP contribution is 2.26. The zero-order chi connectivity index (χ0) is 15.8. The van der Waals surface area contributed by atoms with Gasteiger partial charge in [-0.1, -0.05) is 27.7 Å². The van der Waals surface area contributed by atoms with Gasteiger partial charge in [0.25, 0.3) is 5.91 Å². The fourth-order valence-electron chi connectivity index (χ4n) is 2.24. The zero-order valence-electron chi connectivity index (χ0n) is 13.6. The van der Waals surface area contributed by atoms with Crippen molar-refractivity contribution < 1.29 is 4.79 Å². The van der Waals surface area contributed by atoms with Gasteiger partial charge in [0.1, 0.15) is 5.82 Å². The number of hydrogen-bond acceptors (Lipinski definition) is 3. The minimum atomic E-state index is -0.0559. The van der Waals surface area contributed by atoms with E-state index >= 15 is 0 Å². The van der Waals surface area contributed by atoms with Crippen molar-refractivity contribution in [2.75, 3.05) is 5.32 Å². The molecule has 0 atom stereocenters. The van der Waals surface area contributed by atoms with Crippen LogP contribution in [-0.2, 0) is 18.9 Å². The Morgan fingerprint density at radius 3 is 2.62 bits per heavy atom. The molecule has 0 aliphatic heterocycles. The monoisotopic (exact) mass is 305 g/mol. The molecule has 0 saturated carbocycles. The molecular formula is C16H23N3OS. The second kappa shape index (κ2) is 5.64. The van der Waals surface area contributed by atoms with E-state index in [1.54, 1.807) is 16.0 Å². The van der Waals surface area contributed by atoms with Gasteiger partial charge in [-0.05, 0) is 18.9 Å². The van der Waals surface area contributed by atoms with Crippen molar-refractivity contribution in [3.05, 3.63) is 33.1 Å². The number of aryl methyl sites for hydroxylation is 2. The zero-order valence-corrected chi connectivity index (χ0v) is 14.4. The molecule has 0 aliphatic carbocycles. The third kappa shape index (κ3) is 3.18. The van der Waals surface area contributed by atoms with Gasteiger partial charge in [0.15, 0.2) is 0 Å². The van der Waals surface area contributed by atoms with E-state index < -0.39 is 0 Å². The van der Waals surface area contributed by atoms with Gasteiger partial charge in [0, 0.05) is 28.8 Å². The quantitative estimate of drug-likeness (QED) is 0.934. The van der Waals surface area contributed by atoms with E-state index in [4.69, 9.17) is 0 Å². The molecular weight excluding hydrogens is 282 g/mol. The van der Waals surface area contributed by atoms with Crippen molar-refractivity contribution in [3.63, 3.8) is 0 Å². The maximum absolute atomic E-state index is 12.5. The Hall–Kier alpha value is -1.62. The summed E-state index contributed by atoms with van der Waals surface area (Å²) in [7, 11) is 1.85. The predicted octanol–water partition coefficient (Wildman–Crippen LogP) is 3.90. The lowest BCUT2D eigenvalue weighted by Crippen LogP contribution is -2.15. The van der Waals surface area contributed by atoms with E-state index in [2.05, 4.69) is 45.0 Å². The van der Waals surface area contributed by atoms with Gasteiger partial charge < -0.3 is 5.32 Å². The number of carbonyl (C=O) groups excluding carboxylic acids is 1. The Morgan fingerprint density at radius 1 is 1.43 bits per heavy atom. The SMILES string of the molecule is CCc1c(C(=O)Nc2cc(C(C)(C)C)nn2C)csc1C. The Bertz CT molecular complexity index is 662. The number of nitrogens with zero attached hydrogens (tertiary/aromatic N) is 2. The maximum atomic E-state index is 12.5. The number of nitrogens with one attached hydrogen (secondary N) is 1. The molecule has 2 aromatic rings. The summed E-state index contributed by atoms with van der Waals surface area (Å²) in [5.74, 6) is 0.676. The smallest absolute Gasteiger partial charge is 0.257 e. The van der Waals surface area contributed by atoms with Crippen molar-refractivity contribution in [1.82, 2.24) is 9.78 Å². The van der Waals surface area contributed by atoms with Crippen molar-refractivity contribution in [2.45, 2.75) is 46.5 Å². The van der Waals surface area contributed by atoms with Crippen LogP contribution in [0, 0.1) is 6.92 Å². The second-order valence-corrected chi connectivity index (χ2v) is 7.36. The number of thiophene rings is 1.